The van der Waals surface area contributed by atoms with Crippen LogP contribution in [0.25, 0.3) is 0 Å². The molecule has 2 nitrogen and oxygen atoms in total. The summed E-state index contributed by atoms with van der Waals surface area (Å²) in [6.07, 6.45) is 0. The maximum atomic E-state index is 12.1. The zero-order valence-corrected chi connectivity index (χ0v) is 11.6. The minimum absolute atomic E-state index is 0.109. The number of ketones is 1. The van der Waals surface area contributed by atoms with Gasteiger partial charge >= 0.3 is 0 Å². The summed E-state index contributed by atoms with van der Waals surface area (Å²) in [5, 5.41) is 0. The number of methoxy groups -OCH3 is 1. The smallest absolute Gasteiger partial charge is 0.171 e. The van der Waals surface area contributed by atoms with Crippen LogP contribution >= 0.6 is 22.6 Å². The Balaban J connectivity index is 3.23. The van der Waals surface area contributed by atoms with E-state index < -0.39 is 0 Å². The molecule has 1 aromatic carbocycles. The molecule has 0 saturated carbocycles. The Morgan fingerprint density at radius 1 is 1.33 bits per heavy atom. The molecule has 0 unspecified atom stereocenters. The standard InChI is InChI=1S/C12H15IO2/c1-12(2,3)11(14)9-7-8(13)5-6-10(9)15-4/h5-7H,1-4H3. The van der Waals surface area contributed by atoms with E-state index in [1.54, 1.807) is 7.11 Å². The monoisotopic (exact) mass is 318 g/mol. The van der Waals surface area contributed by atoms with Crippen LogP contribution in [-0.2, 0) is 0 Å². The van der Waals surface area contributed by atoms with E-state index in [4.69, 9.17) is 4.74 Å². The Morgan fingerprint density at radius 2 is 1.93 bits per heavy atom. The zero-order valence-electron chi connectivity index (χ0n) is 9.43. The normalized spacial score (nSPS) is 11.3. The summed E-state index contributed by atoms with van der Waals surface area (Å²) in [4.78, 5) is 12.1. The summed E-state index contributed by atoms with van der Waals surface area (Å²) in [6.45, 7) is 5.73. The van der Waals surface area contributed by atoms with Crippen molar-refractivity contribution in [2.45, 2.75) is 20.8 Å². The summed E-state index contributed by atoms with van der Waals surface area (Å²) >= 11 is 2.19. The summed E-state index contributed by atoms with van der Waals surface area (Å²) in [6, 6.07) is 5.63. The molecule has 15 heavy (non-hydrogen) atoms. The van der Waals surface area contributed by atoms with Crippen LogP contribution in [0.1, 0.15) is 31.1 Å². The van der Waals surface area contributed by atoms with Gasteiger partial charge < -0.3 is 4.74 Å². The summed E-state index contributed by atoms with van der Waals surface area (Å²) in [7, 11) is 1.58. The van der Waals surface area contributed by atoms with Gasteiger partial charge in [-0.3, -0.25) is 4.79 Å². The van der Waals surface area contributed by atoms with E-state index in [1.807, 2.05) is 39.0 Å². The van der Waals surface area contributed by atoms with E-state index in [1.165, 1.54) is 0 Å². The Hall–Kier alpha value is -0.580. The van der Waals surface area contributed by atoms with Gasteiger partial charge in [0.05, 0.1) is 12.7 Å². The van der Waals surface area contributed by atoms with Gasteiger partial charge in [0, 0.05) is 8.99 Å². The number of halogens is 1. The highest BCUT2D eigenvalue weighted by Gasteiger charge is 2.25. The van der Waals surface area contributed by atoms with Gasteiger partial charge in [0.1, 0.15) is 5.75 Å². The maximum Gasteiger partial charge on any atom is 0.171 e. The molecule has 0 N–H and O–H groups in total. The van der Waals surface area contributed by atoms with Gasteiger partial charge in [0.25, 0.3) is 0 Å². The van der Waals surface area contributed by atoms with Crippen molar-refractivity contribution in [2.24, 2.45) is 5.41 Å². The lowest BCUT2D eigenvalue weighted by Gasteiger charge is -2.18. The Morgan fingerprint density at radius 3 is 2.40 bits per heavy atom. The second-order valence-electron chi connectivity index (χ2n) is 4.42. The molecule has 0 fully saturated rings. The molecule has 0 aromatic heterocycles. The van der Waals surface area contributed by atoms with Crippen molar-refractivity contribution >= 4 is 28.4 Å². The lowest BCUT2D eigenvalue weighted by molar-refractivity contribution is 0.0855. The molecule has 82 valence electrons. The molecule has 1 rings (SSSR count). The first kappa shape index (κ1) is 12.5. The van der Waals surface area contributed by atoms with E-state index in [0.717, 1.165) is 3.57 Å². The lowest BCUT2D eigenvalue weighted by Crippen LogP contribution is -2.21. The number of benzene rings is 1. The van der Waals surface area contributed by atoms with Crippen molar-refractivity contribution in [1.82, 2.24) is 0 Å². The number of ether oxygens (including phenoxy) is 1. The first-order chi connectivity index (χ1) is 6.86. The molecule has 3 heteroatoms. The largest absolute Gasteiger partial charge is 0.496 e. The van der Waals surface area contributed by atoms with Gasteiger partial charge in [-0.2, -0.15) is 0 Å². The van der Waals surface area contributed by atoms with Gasteiger partial charge in [0.2, 0.25) is 0 Å². The molecule has 0 aliphatic rings. The zero-order chi connectivity index (χ0) is 11.6. The molecular weight excluding hydrogens is 303 g/mol. The minimum Gasteiger partial charge on any atom is -0.496 e. The minimum atomic E-state index is -0.377. The second-order valence-corrected chi connectivity index (χ2v) is 5.67. The summed E-state index contributed by atoms with van der Waals surface area (Å²) in [5.41, 5.74) is 0.287. The van der Waals surface area contributed by atoms with E-state index >= 15 is 0 Å². The number of hydrogen-bond acceptors (Lipinski definition) is 2. The fraction of sp³-hybridized carbons (Fsp3) is 0.417. The third-order valence-corrected chi connectivity index (χ3v) is 2.76. The van der Waals surface area contributed by atoms with Gasteiger partial charge in [-0.15, -0.1) is 0 Å². The molecule has 0 spiro atoms. The van der Waals surface area contributed by atoms with E-state index in [9.17, 15) is 4.79 Å². The second kappa shape index (κ2) is 4.51. The molecule has 0 atom stereocenters. The molecular formula is C12H15IO2. The number of carbonyl (C=O) groups excluding carboxylic acids is 1. The van der Waals surface area contributed by atoms with Crippen LogP contribution in [0.4, 0.5) is 0 Å². The molecule has 0 amide bonds. The fourth-order valence-electron chi connectivity index (χ4n) is 1.26. The van der Waals surface area contributed by atoms with Crippen molar-refractivity contribution in [3.8, 4) is 5.75 Å². The summed E-state index contributed by atoms with van der Waals surface area (Å²) in [5.74, 6) is 0.758. The van der Waals surface area contributed by atoms with Crippen LogP contribution in [0.3, 0.4) is 0 Å². The van der Waals surface area contributed by atoms with Crippen LogP contribution in [0.15, 0.2) is 18.2 Å². The number of Topliss-reactive ketones (excluding diaryl/α,β-unsaturated/α-hetero) is 1. The SMILES string of the molecule is COc1ccc(I)cc1C(=O)C(C)(C)C. The van der Waals surface area contributed by atoms with Crippen LogP contribution < -0.4 is 4.74 Å². The molecule has 0 saturated heterocycles. The highest BCUT2D eigenvalue weighted by Crippen LogP contribution is 2.28. The molecule has 0 aliphatic heterocycles. The van der Waals surface area contributed by atoms with Crippen LogP contribution in [-0.4, -0.2) is 12.9 Å². The molecule has 0 aliphatic carbocycles. The van der Waals surface area contributed by atoms with Gasteiger partial charge in [-0.1, -0.05) is 20.8 Å². The number of rotatable bonds is 2. The third-order valence-electron chi connectivity index (χ3n) is 2.09. The number of carbonyl (C=O) groups is 1. The van der Waals surface area contributed by atoms with E-state index in [-0.39, 0.29) is 11.2 Å². The van der Waals surface area contributed by atoms with E-state index in [0.29, 0.717) is 11.3 Å². The number of hydrogen-bond donors (Lipinski definition) is 0. The van der Waals surface area contributed by atoms with Crippen LogP contribution in [0, 0.1) is 8.99 Å². The highest BCUT2D eigenvalue weighted by molar-refractivity contribution is 14.1. The predicted molar refractivity (Wildman–Crippen MR) is 69.5 cm³/mol. The Kier molecular flexibility index (Phi) is 3.76. The topological polar surface area (TPSA) is 26.3 Å². The van der Waals surface area contributed by atoms with Crippen molar-refractivity contribution in [3.05, 3.63) is 27.3 Å². The molecule has 0 heterocycles. The average Bonchev–Trinajstić information content (AvgIpc) is 2.15. The van der Waals surface area contributed by atoms with Crippen LogP contribution in [0.5, 0.6) is 5.75 Å². The average molecular weight is 318 g/mol. The molecule has 0 radical (unpaired) electrons. The molecule has 0 bridgehead atoms. The van der Waals surface area contributed by atoms with Gasteiger partial charge in [-0.05, 0) is 40.8 Å². The van der Waals surface area contributed by atoms with Crippen molar-refractivity contribution in [2.75, 3.05) is 7.11 Å². The quantitative estimate of drug-likeness (QED) is 0.616. The fourth-order valence-corrected chi connectivity index (χ4v) is 1.75. The van der Waals surface area contributed by atoms with Crippen molar-refractivity contribution in [3.63, 3.8) is 0 Å². The van der Waals surface area contributed by atoms with E-state index in [2.05, 4.69) is 22.6 Å². The maximum absolute atomic E-state index is 12.1. The lowest BCUT2D eigenvalue weighted by atomic mass is 9.86. The van der Waals surface area contributed by atoms with Crippen LogP contribution in [0.2, 0.25) is 0 Å². The highest BCUT2D eigenvalue weighted by atomic mass is 127. The predicted octanol–water partition coefficient (Wildman–Crippen LogP) is 3.53. The summed E-state index contributed by atoms with van der Waals surface area (Å²) < 4.78 is 6.24. The van der Waals surface area contributed by atoms with Gasteiger partial charge in [0.15, 0.2) is 5.78 Å². The first-order valence-electron chi connectivity index (χ1n) is 4.74. The molecule has 1 aromatic rings. The van der Waals surface area contributed by atoms with Crippen molar-refractivity contribution in [1.29, 1.82) is 0 Å². The Bertz CT molecular complexity index is 378. The van der Waals surface area contributed by atoms with Gasteiger partial charge in [-0.25, -0.2) is 0 Å². The third kappa shape index (κ3) is 2.93. The Labute approximate surface area is 104 Å². The first-order valence-corrected chi connectivity index (χ1v) is 5.82. The van der Waals surface area contributed by atoms with Crippen molar-refractivity contribution < 1.29 is 9.53 Å².